The van der Waals surface area contributed by atoms with Gasteiger partial charge in [0.1, 0.15) is 11.4 Å². The summed E-state index contributed by atoms with van der Waals surface area (Å²) in [6.07, 6.45) is 0. The van der Waals surface area contributed by atoms with Gasteiger partial charge >= 0.3 is 0 Å². The zero-order valence-corrected chi connectivity index (χ0v) is 14.4. The highest BCUT2D eigenvalue weighted by molar-refractivity contribution is 6.02. The van der Waals surface area contributed by atoms with E-state index in [1.54, 1.807) is 24.3 Å². The number of nitro benzene ring substituents is 1. The molecule has 1 aliphatic heterocycles. The van der Waals surface area contributed by atoms with Crippen LogP contribution in [0.5, 0.6) is 5.75 Å². The second-order valence-electron chi connectivity index (χ2n) is 6.34. The van der Waals surface area contributed by atoms with Crippen molar-refractivity contribution in [2.75, 3.05) is 10.0 Å². The van der Waals surface area contributed by atoms with Crippen molar-refractivity contribution in [2.24, 2.45) is 0 Å². The van der Waals surface area contributed by atoms with Crippen LogP contribution in [-0.2, 0) is 0 Å². The van der Waals surface area contributed by atoms with Crippen LogP contribution >= 0.6 is 0 Å². The number of hydrogen-bond donors (Lipinski definition) is 1. The number of fused-ring (bicyclic) bond motifs is 1. The lowest BCUT2D eigenvalue weighted by molar-refractivity contribution is -0.384. The molecule has 4 rings (SSSR count). The van der Waals surface area contributed by atoms with Gasteiger partial charge in [0.15, 0.2) is 5.82 Å². The van der Waals surface area contributed by atoms with Crippen molar-refractivity contribution in [3.63, 3.8) is 0 Å². The summed E-state index contributed by atoms with van der Waals surface area (Å²) in [5.74, 6) is 1.11. The Morgan fingerprint density at radius 2 is 1.50 bits per heavy atom. The summed E-state index contributed by atoms with van der Waals surface area (Å²) in [5, 5.41) is 27.0. The van der Waals surface area contributed by atoms with Crippen LogP contribution in [-0.4, -0.2) is 10.0 Å². The molecule has 6 heteroatoms. The monoisotopic (exact) mass is 347 g/mol. The first kappa shape index (κ1) is 16.0. The molecule has 0 atom stereocenters. The minimum absolute atomic E-state index is 0.0526. The molecule has 0 aromatic heterocycles. The Morgan fingerprint density at radius 1 is 0.885 bits per heavy atom. The predicted molar refractivity (Wildman–Crippen MR) is 102 cm³/mol. The van der Waals surface area contributed by atoms with E-state index in [4.69, 9.17) is 0 Å². The van der Waals surface area contributed by atoms with Crippen LogP contribution in [0.3, 0.4) is 0 Å². The van der Waals surface area contributed by atoms with E-state index in [2.05, 4.69) is 0 Å². The fourth-order valence-electron chi connectivity index (χ4n) is 3.26. The number of hydrazine groups is 1. The predicted octanol–water partition coefficient (Wildman–Crippen LogP) is 4.95. The SMILES string of the molecule is CC(C)=C1N(c2ccccc2[N+](=O)[O-])N1c1ccc(O)c2ccccc12. The Balaban J connectivity index is 1.90. The van der Waals surface area contributed by atoms with Gasteiger partial charge in [-0.2, -0.15) is 0 Å². The summed E-state index contributed by atoms with van der Waals surface area (Å²) in [6.45, 7) is 3.94. The highest BCUT2D eigenvalue weighted by Gasteiger charge is 2.45. The first-order chi connectivity index (χ1) is 12.5. The molecular formula is C20H17N3O3. The van der Waals surface area contributed by atoms with Gasteiger partial charge in [0.2, 0.25) is 0 Å². The van der Waals surface area contributed by atoms with Crippen molar-refractivity contribution in [1.82, 2.24) is 0 Å². The lowest BCUT2D eigenvalue weighted by atomic mass is 10.1. The van der Waals surface area contributed by atoms with Gasteiger partial charge in [0, 0.05) is 16.8 Å². The molecule has 0 radical (unpaired) electrons. The Bertz CT molecular complexity index is 1070. The smallest absolute Gasteiger partial charge is 0.294 e. The normalized spacial score (nSPS) is 13.2. The summed E-state index contributed by atoms with van der Waals surface area (Å²) in [7, 11) is 0. The maximum absolute atomic E-state index is 11.4. The van der Waals surface area contributed by atoms with Gasteiger partial charge in [-0.05, 0) is 37.6 Å². The number of benzene rings is 3. The number of phenolic OH excluding ortho intramolecular Hbond substituents is 1. The van der Waals surface area contributed by atoms with Gasteiger partial charge in [-0.1, -0.05) is 36.4 Å². The van der Waals surface area contributed by atoms with Crippen LogP contribution in [0.4, 0.5) is 17.1 Å². The third-order valence-electron chi connectivity index (χ3n) is 4.42. The van der Waals surface area contributed by atoms with Gasteiger partial charge in [-0.3, -0.25) is 10.1 Å². The number of aromatic hydroxyl groups is 1. The molecule has 26 heavy (non-hydrogen) atoms. The molecule has 3 aromatic rings. The maximum Gasteiger partial charge on any atom is 0.294 e. The van der Waals surface area contributed by atoms with Crippen LogP contribution in [0, 0.1) is 10.1 Å². The minimum Gasteiger partial charge on any atom is -0.507 e. The van der Waals surface area contributed by atoms with Crippen LogP contribution in [0.15, 0.2) is 72.1 Å². The Morgan fingerprint density at radius 3 is 2.19 bits per heavy atom. The number of para-hydroxylation sites is 2. The molecule has 1 saturated heterocycles. The summed E-state index contributed by atoms with van der Waals surface area (Å²) in [5.41, 5.74) is 2.48. The van der Waals surface area contributed by atoms with E-state index in [9.17, 15) is 15.2 Å². The molecule has 0 saturated carbocycles. The lowest BCUT2D eigenvalue weighted by Crippen LogP contribution is -2.06. The Labute approximate surface area is 150 Å². The fourth-order valence-corrected chi connectivity index (χ4v) is 3.26. The molecule has 0 unspecified atom stereocenters. The van der Waals surface area contributed by atoms with Crippen molar-refractivity contribution in [3.8, 4) is 5.75 Å². The standard InChI is InChI=1S/C20H17N3O3/c1-13(2)20-21(22(20)17-9-5-6-10-18(17)23(25)26)16-11-12-19(24)15-8-4-3-7-14(15)16/h3-12,24H,1-2H3. The third-order valence-corrected chi connectivity index (χ3v) is 4.42. The summed E-state index contributed by atoms with van der Waals surface area (Å²) >= 11 is 0. The Kier molecular flexibility index (Phi) is 3.54. The van der Waals surface area contributed by atoms with Gasteiger partial charge < -0.3 is 5.11 Å². The summed E-state index contributed by atoms with van der Waals surface area (Å²) < 4.78 is 0. The molecule has 6 nitrogen and oxygen atoms in total. The number of rotatable bonds is 3. The molecule has 0 amide bonds. The number of phenols is 1. The average Bonchev–Trinajstić information content (AvgIpc) is 3.38. The maximum atomic E-state index is 11.4. The minimum atomic E-state index is -0.372. The molecule has 0 bridgehead atoms. The van der Waals surface area contributed by atoms with Gasteiger partial charge in [0.05, 0.1) is 10.6 Å². The summed E-state index contributed by atoms with van der Waals surface area (Å²) in [4.78, 5) is 11.1. The second kappa shape index (κ2) is 5.77. The number of allylic oxidation sites excluding steroid dienone is 1. The van der Waals surface area contributed by atoms with Gasteiger partial charge in [-0.15, -0.1) is 0 Å². The van der Waals surface area contributed by atoms with Crippen LogP contribution < -0.4 is 10.0 Å². The van der Waals surface area contributed by atoms with Crippen molar-refractivity contribution in [2.45, 2.75) is 13.8 Å². The molecule has 130 valence electrons. The zero-order valence-electron chi connectivity index (χ0n) is 14.4. The molecule has 0 aliphatic carbocycles. The number of anilines is 2. The largest absolute Gasteiger partial charge is 0.507 e. The summed E-state index contributed by atoms with van der Waals surface area (Å²) in [6, 6.07) is 17.7. The quantitative estimate of drug-likeness (QED) is 0.412. The van der Waals surface area contributed by atoms with Gasteiger partial charge in [0.25, 0.3) is 5.69 Å². The molecule has 1 fully saturated rings. The van der Waals surface area contributed by atoms with Crippen LogP contribution in [0.2, 0.25) is 0 Å². The first-order valence-corrected chi connectivity index (χ1v) is 8.22. The number of nitrogens with zero attached hydrogens (tertiary/aromatic N) is 3. The molecule has 0 spiro atoms. The average molecular weight is 347 g/mol. The van der Waals surface area contributed by atoms with E-state index in [0.717, 1.165) is 27.9 Å². The highest BCUT2D eigenvalue weighted by atomic mass is 16.6. The highest BCUT2D eigenvalue weighted by Crippen LogP contribution is 2.49. The number of hydrogen-bond acceptors (Lipinski definition) is 5. The van der Waals surface area contributed by atoms with Crippen molar-refractivity contribution >= 4 is 27.8 Å². The topological polar surface area (TPSA) is 69.4 Å². The molecule has 1 heterocycles. The van der Waals surface area contributed by atoms with E-state index in [1.165, 1.54) is 6.07 Å². The zero-order chi connectivity index (χ0) is 18.4. The van der Waals surface area contributed by atoms with Crippen LogP contribution in [0.1, 0.15) is 13.8 Å². The van der Waals surface area contributed by atoms with Crippen LogP contribution in [0.25, 0.3) is 10.8 Å². The van der Waals surface area contributed by atoms with E-state index in [1.807, 2.05) is 54.2 Å². The third kappa shape index (κ3) is 2.35. The lowest BCUT2D eigenvalue weighted by Gasteiger charge is -2.10. The number of nitro groups is 1. The van der Waals surface area contributed by atoms with E-state index >= 15 is 0 Å². The first-order valence-electron chi connectivity index (χ1n) is 8.22. The van der Waals surface area contributed by atoms with E-state index in [-0.39, 0.29) is 16.4 Å². The van der Waals surface area contributed by atoms with Crippen molar-refractivity contribution in [3.05, 3.63) is 82.2 Å². The molecule has 1 aliphatic rings. The van der Waals surface area contributed by atoms with Crippen molar-refractivity contribution < 1.29 is 10.0 Å². The van der Waals surface area contributed by atoms with Crippen molar-refractivity contribution in [1.29, 1.82) is 0 Å². The molecule has 1 N–H and O–H groups in total. The molecular weight excluding hydrogens is 330 g/mol. The fraction of sp³-hybridized carbons (Fsp3) is 0.100. The molecule has 3 aromatic carbocycles. The van der Waals surface area contributed by atoms with E-state index in [0.29, 0.717) is 5.69 Å². The Hall–Kier alpha value is -3.54. The van der Waals surface area contributed by atoms with E-state index < -0.39 is 0 Å². The second-order valence-corrected chi connectivity index (χ2v) is 6.34. The van der Waals surface area contributed by atoms with Gasteiger partial charge in [-0.25, -0.2) is 10.0 Å².